The normalized spacial score (nSPS) is 22.0. The molecule has 1 saturated carbocycles. The number of alkyl halides is 1. The van der Waals surface area contributed by atoms with Crippen LogP contribution >= 0.6 is 0 Å². The summed E-state index contributed by atoms with van der Waals surface area (Å²) in [5.41, 5.74) is -1.53. The second-order valence-electron chi connectivity index (χ2n) is 7.66. The predicted octanol–water partition coefficient (Wildman–Crippen LogP) is 4.02. The van der Waals surface area contributed by atoms with E-state index >= 15 is 0 Å². The van der Waals surface area contributed by atoms with Gasteiger partial charge in [-0.3, -0.25) is 0 Å². The molecule has 1 aromatic carbocycles. The Morgan fingerprint density at radius 1 is 1.18 bits per heavy atom. The molecule has 0 bridgehead atoms. The summed E-state index contributed by atoms with van der Waals surface area (Å²) in [6.45, 7) is 6.55. The fourth-order valence-electron chi connectivity index (χ4n) is 3.53. The number of hydrogen-bond donors (Lipinski definition) is 0. The van der Waals surface area contributed by atoms with Gasteiger partial charge in [0.25, 0.3) is 0 Å². The van der Waals surface area contributed by atoms with Gasteiger partial charge in [0.05, 0.1) is 0 Å². The maximum Gasteiger partial charge on any atom is 0.410 e. The number of carbonyl (C=O) groups excluding carboxylic acids is 1. The van der Waals surface area contributed by atoms with Gasteiger partial charge in [-0.05, 0) is 51.3 Å². The van der Waals surface area contributed by atoms with E-state index in [9.17, 15) is 13.6 Å². The van der Waals surface area contributed by atoms with Crippen LogP contribution in [-0.2, 0) is 10.4 Å². The highest BCUT2D eigenvalue weighted by molar-refractivity contribution is 5.69. The summed E-state index contributed by atoms with van der Waals surface area (Å²) in [4.78, 5) is 13.5. The molecule has 1 aliphatic heterocycles. The molecule has 1 heterocycles. The number of halogens is 2. The fraction of sp³-hybridized carbons (Fsp3) is 0.588. The molecule has 2 aliphatic rings. The summed E-state index contributed by atoms with van der Waals surface area (Å²) in [6.07, 6.45) is 0.423. The van der Waals surface area contributed by atoms with E-state index in [2.05, 4.69) is 0 Å². The lowest BCUT2D eigenvalue weighted by Gasteiger charge is -2.61. The minimum atomic E-state index is -1.40. The van der Waals surface area contributed by atoms with Crippen molar-refractivity contribution in [2.24, 2.45) is 5.41 Å². The number of ether oxygens (including phenoxy) is 1. The maximum absolute atomic E-state index is 14.8. The SMILES string of the molecule is CC(C)(C)OC(=O)N1CC2(C1)CC(F)(c1ccc(F)cc1)C2. The van der Waals surface area contributed by atoms with Gasteiger partial charge in [0.2, 0.25) is 0 Å². The van der Waals surface area contributed by atoms with Crippen molar-refractivity contribution in [1.29, 1.82) is 0 Å². The fourth-order valence-corrected chi connectivity index (χ4v) is 3.53. The predicted molar refractivity (Wildman–Crippen MR) is 78.7 cm³/mol. The summed E-state index contributed by atoms with van der Waals surface area (Å²) in [7, 11) is 0. The smallest absolute Gasteiger partial charge is 0.410 e. The van der Waals surface area contributed by atoms with E-state index in [0.29, 0.717) is 31.5 Å². The van der Waals surface area contributed by atoms with Crippen LogP contribution in [0.1, 0.15) is 39.2 Å². The van der Waals surface area contributed by atoms with E-state index in [0.717, 1.165) is 0 Å². The van der Waals surface area contributed by atoms with Crippen LogP contribution in [0.2, 0.25) is 0 Å². The quantitative estimate of drug-likeness (QED) is 0.784. The van der Waals surface area contributed by atoms with Crippen LogP contribution < -0.4 is 0 Å². The Kier molecular flexibility index (Phi) is 3.24. The van der Waals surface area contributed by atoms with Gasteiger partial charge >= 0.3 is 6.09 Å². The summed E-state index contributed by atoms with van der Waals surface area (Å²) in [5, 5.41) is 0. The van der Waals surface area contributed by atoms with E-state index in [1.54, 1.807) is 4.90 Å². The third-order valence-corrected chi connectivity index (χ3v) is 4.38. The molecule has 120 valence electrons. The summed E-state index contributed by atoms with van der Waals surface area (Å²) in [5.74, 6) is -0.360. The van der Waals surface area contributed by atoms with Crippen LogP contribution in [0.3, 0.4) is 0 Å². The molecule has 0 N–H and O–H groups in total. The lowest BCUT2D eigenvalue weighted by molar-refractivity contribution is -0.153. The number of carbonyl (C=O) groups is 1. The molecule has 5 heteroatoms. The van der Waals surface area contributed by atoms with Crippen LogP contribution in [0.15, 0.2) is 24.3 Å². The molecular weight excluding hydrogens is 288 g/mol. The average Bonchev–Trinajstić information content (AvgIpc) is 2.30. The Morgan fingerprint density at radius 2 is 1.73 bits per heavy atom. The zero-order chi connectivity index (χ0) is 16.2. The van der Waals surface area contributed by atoms with Crippen molar-refractivity contribution in [2.75, 3.05) is 13.1 Å². The maximum atomic E-state index is 14.8. The van der Waals surface area contributed by atoms with Crippen LogP contribution in [-0.4, -0.2) is 29.7 Å². The molecule has 0 atom stereocenters. The number of likely N-dealkylation sites (tertiary alicyclic amines) is 1. The number of nitrogens with zero attached hydrogens (tertiary/aromatic N) is 1. The monoisotopic (exact) mass is 309 g/mol. The molecule has 2 fully saturated rings. The first-order valence-electron chi connectivity index (χ1n) is 7.54. The van der Waals surface area contributed by atoms with Gasteiger partial charge in [0, 0.05) is 18.5 Å². The van der Waals surface area contributed by atoms with Crippen molar-refractivity contribution < 1.29 is 18.3 Å². The Balaban J connectivity index is 1.56. The lowest BCUT2D eigenvalue weighted by Crippen LogP contribution is -2.67. The van der Waals surface area contributed by atoms with E-state index in [1.165, 1.54) is 24.3 Å². The number of benzene rings is 1. The minimum absolute atomic E-state index is 0.139. The first-order chi connectivity index (χ1) is 10.1. The number of amides is 1. The molecule has 3 nitrogen and oxygen atoms in total. The number of rotatable bonds is 1. The van der Waals surface area contributed by atoms with Crippen molar-refractivity contribution in [3.63, 3.8) is 0 Å². The van der Waals surface area contributed by atoms with Crippen LogP contribution in [0, 0.1) is 11.2 Å². The topological polar surface area (TPSA) is 29.5 Å². The van der Waals surface area contributed by atoms with Crippen LogP contribution in [0.4, 0.5) is 13.6 Å². The van der Waals surface area contributed by atoms with Gasteiger partial charge in [0.1, 0.15) is 17.1 Å². The second-order valence-corrected chi connectivity index (χ2v) is 7.66. The van der Waals surface area contributed by atoms with Crippen molar-refractivity contribution in [2.45, 2.75) is 44.9 Å². The summed E-state index contributed by atoms with van der Waals surface area (Å²) >= 11 is 0. The molecule has 1 aliphatic carbocycles. The van der Waals surface area contributed by atoms with Crippen LogP contribution in [0.5, 0.6) is 0 Å². The summed E-state index contributed by atoms with van der Waals surface area (Å²) < 4.78 is 33.1. The zero-order valence-electron chi connectivity index (χ0n) is 13.2. The first kappa shape index (κ1) is 15.3. The van der Waals surface area contributed by atoms with E-state index in [-0.39, 0.29) is 17.3 Å². The minimum Gasteiger partial charge on any atom is -0.444 e. The molecule has 1 saturated heterocycles. The molecule has 1 aromatic rings. The molecule has 22 heavy (non-hydrogen) atoms. The molecular formula is C17H21F2NO2. The largest absolute Gasteiger partial charge is 0.444 e. The third-order valence-electron chi connectivity index (χ3n) is 4.38. The van der Waals surface area contributed by atoms with Gasteiger partial charge < -0.3 is 9.64 Å². The molecule has 3 rings (SSSR count). The second kappa shape index (κ2) is 4.67. The Hall–Kier alpha value is -1.65. The van der Waals surface area contributed by atoms with Gasteiger partial charge in [0.15, 0.2) is 0 Å². The van der Waals surface area contributed by atoms with Crippen molar-refractivity contribution in [1.82, 2.24) is 4.90 Å². The van der Waals surface area contributed by atoms with Crippen molar-refractivity contribution in [3.05, 3.63) is 35.6 Å². The standard InChI is InChI=1S/C17H21F2NO2/c1-15(2,3)22-14(21)20-10-16(11-20)8-17(19,9-16)12-4-6-13(18)7-5-12/h4-7H,8-11H2,1-3H3. The number of hydrogen-bond acceptors (Lipinski definition) is 2. The van der Waals surface area contributed by atoms with E-state index in [4.69, 9.17) is 4.74 Å². The summed E-state index contributed by atoms with van der Waals surface area (Å²) in [6, 6.07) is 5.59. The van der Waals surface area contributed by atoms with E-state index < -0.39 is 11.3 Å². The average molecular weight is 309 g/mol. The van der Waals surface area contributed by atoms with Gasteiger partial charge in [-0.2, -0.15) is 0 Å². The lowest BCUT2D eigenvalue weighted by atomic mass is 9.54. The molecule has 0 unspecified atom stereocenters. The molecule has 1 amide bonds. The zero-order valence-corrected chi connectivity index (χ0v) is 13.2. The van der Waals surface area contributed by atoms with Crippen molar-refractivity contribution >= 4 is 6.09 Å². The molecule has 0 aromatic heterocycles. The Labute approximate surface area is 129 Å². The molecule has 1 spiro atoms. The highest BCUT2D eigenvalue weighted by atomic mass is 19.1. The third kappa shape index (κ3) is 2.69. The Bertz CT molecular complexity index is 578. The highest BCUT2D eigenvalue weighted by Gasteiger charge is 2.62. The van der Waals surface area contributed by atoms with Gasteiger partial charge in [-0.15, -0.1) is 0 Å². The highest BCUT2D eigenvalue weighted by Crippen LogP contribution is 2.60. The first-order valence-corrected chi connectivity index (χ1v) is 7.54. The van der Waals surface area contributed by atoms with E-state index in [1.807, 2.05) is 20.8 Å². The van der Waals surface area contributed by atoms with Gasteiger partial charge in [-0.25, -0.2) is 13.6 Å². The van der Waals surface area contributed by atoms with Crippen molar-refractivity contribution in [3.8, 4) is 0 Å². The van der Waals surface area contributed by atoms with Crippen LogP contribution in [0.25, 0.3) is 0 Å². The Morgan fingerprint density at radius 3 is 2.23 bits per heavy atom. The van der Waals surface area contributed by atoms with Gasteiger partial charge in [-0.1, -0.05) is 12.1 Å². The molecule has 0 radical (unpaired) electrons.